The molecule has 4 nitrogen and oxygen atoms in total. The summed E-state index contributed by atoms with van der Waals surface area (Å²) in [4.78, 5) is 26.2. The number of aryl methyl sites for hydroxylation is 1. The Bertz CT molecular complexity index is 900. The molecule has 2 radical (unpaired) electrons. The molecule has 3 rings (SSSR count). The van der Waals surface area contributed by atoms with Crippen LogP contribution in [0.1, 0.15) is 26.0 Å². The van der Waals surface area contributed by atoms with Crippen LogP contribution in [0.2, 0.25) is 0 Å². The predicted octanol–water partition coefficient (Wildman–Crippen LogP) is 3.10. The van der Waals surface area contributed by atoms with Gasteiger partial charge in [0.05, 0.1) is 13.0 Å². The second-order valence-electron chi connectivity index (χ2n) is 6.01. The van der Waals surface area contributed by atoms with Crippen LogP contribution in [0.4, 0.5) is 5.69 Å². The van der Waals surface area contributed by atoms with E-state index in [9.17, 15) is 9.59 Å². The molecule has 0 saturated carbocycles. The second-order valence-corrected chi connectivity index (χ2v) is 7.27. The summed E-state index contributed by atoms with van der Waals surface area (Å²) in [5, 5.41) is 2.90. The van der Waals surface area contributed by atoms with Crippen molar-refractivity contribution in [3.63, 3.8) is 0 Å². The summed E-state index contributed by atoms with van der Waals surface area (Å²) in [5.74, 6) is -1.05. The molecule has 1 heterocycles. The van der Waals surface area contributed by atoms with E-state index in [1.165, 1.54) is 18.4 Å². The number of nitrogens with one attached hydrogen (secondary N) is 1. The van der Waals surface area contributed by atoms with Crippen LogP contribution in [-0.4, -0.2) is 26.8 Å². The maximum atomic E-state index is 12.9. The maximum Gasteiger partial charge on any atom is 0.348 e. The summed E-state index contributed by atoms with van der Waals surface area (Å²) in [6.07, 6.45) is 7.63. The Labute approximate surface area is 158 Å². The number of hydrogen-bond donors (Lipinski definition) is 1. The van der Waals surface area contributed by atoms with E-state index in [0.29, 0.717) is 16.0 Å². The molecule has 1 N–H and O–H groups in total. The molecule has 0 aliphatic heterocycles. The molecule has 130 valence electrons. The van der Waals surface area contributed by atoms with E-state index >= 15 is 0 Å². The van der Waals surface area contributed by atoms with Gasteiger partial charge in [0.15, 0.2) is 0 Å². The van der Waals surface area contributed by atoms with Crippen molar-refractivity contribution in [3.05, 3.63) is 70.0 Å². The first kappa shape index (κ1) is 18.2. The van der Waals surface area contributed by atoms with Gasteiger partial charge in [-0.25, -0.2) is 4.79 Å². The third-order valence-corrected chi connectivity index (χ3v) is 5.40. The summed E-state index contributed by atoms with van der Waals surface area (Å²) >= 11 is 1.38. The molecular formula is C20H18BNO3S. The van der Waals surface area contributed by atoms with Crippen molar-refractivity contribution in [1.82, 2.24) is 0 Å². The highest BCUT2D eigenvalue weighted by molar-refractivity contribution is 7.14. The Kier molecular flexibility index (Phi) is 5.42. The fraction of sp³-hybridized carbons (Fsp3) is 0.200. The zero-order valence-corrected chi connectivity index (χ0v) is 15.4. The number of amides is 1. The topological polar surface area (TPSA) is 55.4 Å². The van der Waals surface area contributed by atoms with Gasteiger partial charge >= 0.3 is 5.97 Å². The average Bonchev–Trinajstić information content (AvgIpc) is 3.04. The molecule has 26 heavy (non-hydrogen) atoms. The van der Waals surface area contributed by atoms with Gasteiger partial charge in [-0.15, -0.1) is 11.3 Å². The highest BCUT2D eigenvalue weighted by Gasteiger charge is 2.30. The predicted molar refractivity (Wildman–Crippen MR) is 105 cm³/mol. The standard InChI is InChI=1S/C20H18BNO3S/c1-12-15(11-18(26-12)20(24)25-2)13-7-3-4-8-14(13)19(23)22-17-10-6-5-9-16(17)21/h3-11,13-14H,1-2H3,(H,22,23). The van der Waals surface area contributed by atoms with Gasteiger partial charge in [0, 0.05) is 16.5 Å². The molecule has 0 fully saturated rings. The first-order chi connectivity index (χ1) is 12.5. The molecule has 2 atom stereocenters. The molecule has 1 amide bonds. The lowest BCUT2D eigenvalue weighted by Crippen LogP contribution is -2.29. The van der Waals surface area contributed by atoms with E-state index in [1.54, 1.807) is 12.1 Å². The van der Waals surface area contributed by atoms with Gasteiger partial charge in [0.1, 0.15) is 12.7 Å². The first-order valence-electron chi connectivity index (χ1n) is 8.20. The number of benzene rings is 1. The van der Waals surface area contributed by atoms with Crippen molar-refractivity contribution in [3.8, 4) is 0 Å². The van der Waals surface area contributed by atoms with Crippen LogP contribution in [0.25, 0.3) is 0 Å². The fourth-order valence-electron chi connectivity index (χ4n) is 3.01. The minimum absolute atomic E-state index is 0.140. The fourth-order valence-corrected chi connectivity index (χ4v) is 4.01. The molecule has 1 aromatic heterocycles. The summed E-state index contributed by atoms with van der Waals surface area (Å²) in [6.45, 7) is 1.95. The van der Waals surface area contributed by atoms with Gasteiger partial charge in [-0.3, -0.25) is 4.79 Å². The number of hydrogen-bond acceptors (Lipinski definition) is 4. The van der Waals surface area contributed by atoms with Gasteiger partial charge in [0.25, 0.3) is 0 Å². The van der Waals surface area contributed by atoms with E-state index in [-0.39, 0.29) is 17.8 Å². The van der Waals surface area contributed by atoms with Gasteiger partial charge in [0.2, 0.25) is 5.91 Å². The van der Waals surface area contributed by atoms with Crippen molar-refractivity contribution >= 4 is 42.2 Å². The van der Waals surface area contributed by atoms with Gasteiger partial charge in [-0.2, -0.15) is 0 Å². The molecule has 0 bridgehead atoms. The van der Waals surface area contributed by atoms with Crippen LogP contribution in [0.15, 0.2) is 54.6 Å². The Morgan fingerprint density at radius 1 is 1.19 bits per heavy atom. The number of allylic oxidation sites excluding steroid dienone is 3. The van der Waals surface area contributed by atoms with Gasteiger partial charge < -0.3 is 10.1 Å². The maximum absolute atomic E-state index is 12.9. The minimum atomic E-state index is -0.390. The number of ether oxygens (including phenoxy) is 1. The minimum Gasteiger partial charge on any atom is -0.465 e. The van der Waals surface area contributed by atoms with Crippen molar-refractivity contribution in [2.24, 2.45) is 5.92 Å². The Morgan fingerprint density at radius 3 is 2.65 bits per heavy atom. The normalized spacial score (nSPS) is 18.5. The van der Waals surface area contributed by atoms with Gasteiger partial charge in [-0.05, 0) is 24.6 Å². The number of methoxy groups -OCH3 is 1. The van der Waals surface area contributed by atoms with Crippen molar-refractivity contribution in [1.29, 1.82) is 0 Å². The lowest BCUT2D eigenvalue weighted by Gasteiger charge is -2.24. The highest BCUT2D eigenvalue weighted by atomic mass is 32.1. The summed E-state index contributed by atoms with van der Waals surface area (Å²) in [5.41, 5.74) is 2.07. The van der Waals surface area contributed by atoms with Crippen LogP contribution in [0.3, 0.4) is 0 Å². The molecule has 0 spiro atoms. The van der Waals surface area contributed by atoms with Crippen molar-refractivity contribution in [2.75, 3.05) is 12.4 Å². The quantitative estimate of drug-likeness (QED) is 0.671. The molecule has 1 aromatic carbocycles. The molecule has 1 aliphatic carbocycles. The van der Waals surface area contributed by atoms with Crippen LogP contribution in [0.5, 0.6) is 0 Å². The molecule has 0 saturated heterocycles. The lowest BCUT2D eigenvalue weighted by atomic mass is 9.82. The summed E-state index contributed by atoms with van der Waals surface area (Å²) < 4.78 is 4.80. The van der Waals surface area contributed by atoms with E-state index in [0.717, 1.165) is 10.4 Å². The molecule has 1 aliphatic rings. The van der Waals surface area contributed by atoms with Crippen LogP contribution in [0, 0.1) is 12.8 Å². The van der Waals surface area contributed by atoms with E-state index < -0.39 is 5.92 Å². The second kappa shape index (κ2) is 7.75. The summed E-state index contributed by atoms with van der Waals surface area (Å²) in [7, 11) is 7.29. The lowest BCUT2D eigenvalue weighted by molar-refractivity contribution is -0.118. The third-order valence-electron chi connectivity index (χ3n) is 4.36. The zero-order chi connectivity index (χ0) is 18.7. The van der Waals surface area contributed by atoms with E-state index in [2.05, 4.69) is 5.32 Å². The van der Waals surface area contributed by atoms with E-state index in [1.807, 2.05) is 49.4 Å². The number of thiophene rings is 1. The Hall–Kier alpha value is -2.60. The zero-order valence-electron chi connectivity index (χ0n) is 14.6. The number of rotatable bonds is 4. The number of carbonyl (C=O) groups excluding carboxylic acids is 2. The third kappa shape index (κ3) is 3.65. The average molecular weight is 363 g/mol. The SMILES string of the molecule is [B]c1ccccc1NC(=O)C1C=CC=CC1c1cc(C(=O)OC)sc1C. The summed E-state index contributed by atoms with van der Waals surface area (Å²) in [6, 6.07) is 8.98. The monoisotopic (exact) mass is 363 g/mol. The van der Waals surface area contributed by atoms with E-state index in [4.69, 9.17) is 12.6 Å². The van der Waals surface area contributed by atoms with Crippen molar-refractivity contribution in [2.45, 2.75) is 12.8 Å². The Balaban J connectivity index is 1.87. The molecule has 2 unspecified atom stereocenters. The Morgan fingerprint density at radius 2 is 1.92 bits per heavy atom. The molecule has 6 heteroatoms. The van der Waals surface area contributed by atoms with Crippen molar-refractivity contribution < 1.29 is 14.3 Å². The highest BCUT2D eigenvalue weighted by Crippen LogP contribution is 2.37. The van der Waals surface area contributed by atoms with Crippen LogP contribution in [-0.2, 0) is 9.53 Å². The molecular weight excluding hydrogens is 345 g/mol. The number of esters is 1. The first-order valence-corrected chi connectivity index (χ1v) is 9.02. The number of carbonyl (C=O) groups is 2. The number of para-hydroxylation sites is 1. The smallest absolute Gasteiger partial charge is 0.348 e. The van der Waals surface area contributed by atoms with Gasteiger partial charge in [-0.1, -0.05) is 48.0 Å². The molecule has 2 aromatic rings. The van der Waals surface area contributed by atoms with Crippen LogP contribution < -0.4 is 10.8 Å². The largest absolute Gasteiger partial charge is 0.465 e. The number of anilines is 1. The van der Waals surface area contributed by atoms with Crippen LogP contribution >= 0.6 is 11.3 Å².